The molecular weight excluding hydrogens is 338 g/mol. The number of benzene rings is 1. The van der Waals surface area contributed by atoms with Gasteiger partial charge in [0.2, 0.25) is 0 Å². The zero-order chi connectivity index (χ0) is 19.3. The molecule has 1 atom stereocenters. The minimum Gasteiger partial charge on any atom is -0.478 e. The highest BCUT2D eigenvalue weighted by Crippen LogP contribution is 2.18. The van der Waals surface area contributed by atoms with Gasteiger partial charge in [-0.05, 0) is 50.8 Å². The predicted octanol–water partition coefficient (Wildman–Crippen LogP) is 1.64. The SMILES string of the molecule is Cc1ccc(C(=O)O)cc1NC(=O)C(=O)NCC(c1ccco1)N(C)C. The quantitative estimate of drug-likeness (QED) is 0.676. The third-order valence-electron chi connectivity index (χ3n) is 3.89. The minimum absolute atomic E-state index is 0.0248. The molecule has 0 aliphatic heterocycles. The standard InChI is InChI=1S/C18H21N3O5/c1-11-6-7-12(18(24)25)9-13(11)20-17(23)16(22)19-10-14(21(2)3)15-5-4-8-26-15/h4-9,14H,10H2,1-3H3,(H,19,22)(H,20,23)(H,24,25). The molecule has 1 heterocycles. The summed E-state index contributed by atoms with van der Waals surface area (Å²) in [4.78, 5) is 37.1. The van der Waals surface area contributed by atoms with E-state index in [1.807, 2.05) is 19.0 Å². The molecule has 1 aromatic heterocycles. The molecular formula is C18H21N3O5. The van der Waals surface area contributed by atoms with Crippen LogP contribution in [0.15, 0.2) is 41.0 Å². The van der Waals surface area contributed by atoms with Crippen molar-refractivity contribution in [2.45, 2.75) is 13.0 Å². The van der Waals surface area contributed by atoms with E-state index in [1.54, 1.807) is 31.4 Å². The molecule has 2 amide bonds. The molecule has 0 saturated heterocycles. The van der Waals surface area contributed by atoms with Crippen molar-refractivity contribution in [3.8, 4) is 0 Å². The highest BCUT2D eigenvalue weighted by molar-refractivity contribution is 6.39. The third-order valence-corrected chi connectivity index (χ3v) is 3.89. The fraction of sp³-hybridized carbons (Fsp3) is 0.278. The molecule has 1 unspecified atom stereocenters. The Kier molecular flexibility index (Phi) is 6.13. The number of carbonyl (C=O) groups is 3. The van der Waals surface area contributed by atoms with E-state index < -0.39 is 17.8 Å². The number of likely N-dealkylation sites (N-methyl/N-ethyl adjacent to an activating group) is 1. The van der Waals surface area contributed by atoms with E-state index in [1.165, 1.54) is 12.1 Å². The van der Waals surface area contributed by atoms with Crippen LogP contribution in [0.2, 0.25) is 0 Å². The maximum absolute atomic E-state index is 12.1. The van der Waals surface area contributed by atoms with Gasteiger partial charge in [0, 0.05) is 12.2 Å². The largest absolute Gasteiger partial charge is 0.478 e. The van der Waals surface area contributed by atoms with Gasteiger partial charge in [0.05, 0.1) is 17.9 Å². The maximum Gasteiger partial charge on any atom is 0.335 e. The molecule has 0 radical (unpaired) electrons. The average Bonchev–Trinajstić information content (AvgIpc) is 3.10. The van der Waals surface area contributed by atoms with Gasteiger partial charge in [-0.2, -0.15) is 0 Å². The number of anilines is 1. The van der Waals surface area contributed by atoms with Crippen molar-refractivity contribution in [1.82, 2.24) is 10.2 Å². The summed E-state index contributed by atoms with van der Waals surface area (Å²) in [5.74, 6) is -2.13. The molecule has 3 N–H and O–H groups in total. The number of carboxylic acids is 1. The summed E-state index contributed by atoms with van der Waals surface area (Å²) < 4.78 is 5.35. The average molecular weight is 359 g/mol. The van der Waals surface area contributed by atoms with Crippen LogP contribution in [0.4, 0.5) is 5.69 Å². The van der Waals surface area contributed by atoms with Crippen LogP contribution < -0.4 is 10.6 Å². The Bertz CT molecular complexity index is 799. The number of carbonyl (C=O) groups excluding carboxylic acids is 2. The molecule has 8 nitrogen and oxygen atoms in total. The maximum atomic E-state index is 12.1. The number of rotatable bonds is 6. The fourth-order valence-corrected chi connectivity index (χ4v) is 2.36. The number of nitrogens with zero attached hydrogens (tertiary/aromatic N) is 1. The lowest BCUT2D eigenvalue weighted by molar-refractivity contribution is -0.136. The predicted molar refractivity (Wildman–Crippen MR) is 94.9 cm³/mol. The van der Waals surface area contributed by atoms with Crippen LogP contribution in [0.1, 0.15) is 27.7 Å². The molecule has 2 aromatic rings. The highest BCUT2D eigenvalue weighted by atomic mass is 16.4. The number of carboxylic acid groups (broad SMARTS) is 1. The van der Waals surface area contributed by atoms with Gasteiger partial charge in [0.25, 0.3) is 0 Å². The second kappa shape index (κ2) is 8.30. The number of amides is 2. The van der Waals surface area contributed by atoms with Crippen LogP contribution in [0.25, 0.3) is 0 Å². The van der Waals surface area contributed by atoms with E-state index in [4.69, 9.17) is 9.52 Å². The van der Waals surface area contributed by atoms with Gasteiger partial charge >= 0.3 is 17.8 Å². The van der Waals surface area contributed by atoms with Gasteiger partial charge in [-0.3, -0.25) is 14.5 Å². The van der Waals surface area contributed by atoms with Crippen molar-refractivity contribution in [3.63, 3.8) is 0 Å². The van der Waals surface area contributed by atoms with E-state index in [2.05, 4.69) is 10.6 Å². The van der Waals surface area contributed by atoms with Crippen LogP contribution in [-0.4, -0.2) is 48.4 Å². The first-order valence-corrected chi connectivity index (χ1v) is 7.92. The fourth-order valence-electron chi connectivity index (χ4n) is 2.36. The molecule has 0 aliphatic carbocycles. The Morgan fingerprint density at radius 1 is 1.19 bits per heavy atom. The second-order valence-electron chi connectivity index (χ2n) is 5.99. The van der Waals surface area contributed by atoms with Gasteiger partial charge < -0.3 is 20.2 Å². The Morgan fingerprint density at radius 2 is 1.92 bits per heavy atom. The molecule has 0 aliphatic rings. The summed E-state index contributed by atoms with van der Waals surface area (Å²) in [6.45, 7) is 1.89. The number of hydrogen-bond acceptors (Lipinski definition) is 5. The van der Waals surface area contributed by atoms with E-state index >= 15 is 0 Å². The monoisotopic (exact) mass is 359 g/mol. The van der Waals surface area contributed by atoms with Crippen molar-refractivity contribution in [3.05, 3.63) is 53.5 Å². The lowest BCUT2D eigenvalue weighted by Crippen LogP contribution is -2.40. The van der Waals surface area contributed by atoms with Gasteiger partial charge in [0.1, 0.15) is 5.76 Å². The first kappa shape index (κ1) is 19.2. The van der Waals surface area contributed by atoms with Crippen LogP contribution in [0.3, 0.4) is 0 Å². The number of nitrogens with one attached hydrogen (secondary N) is 2. The highest BCUT2D eigenvalue weighted by Gasteiger charge is 2.21. The van der Waals surface area contributed by atoms with Crippen molar-refractivity contribution >= 4 is 23.5 Å². The molecule has 138 valence electrons. The van der Waals surface area contributed by atoms with Crippen molar-refractivity contribution in [2.75, 3.05) is 26.0 Å². The van der Waals surface area contributed by atoms with Crippen molar-refractivity contribution in [2.24, 2.45) is 0 Å². The summed E-state index contributed by atoms with van der Waals surface area (Å²) in [5, 5.41) is 14.0. The summed E-state index contributed by atoms with van der Waals surface area (Å²) in [7, 11) is 3.67. The van der Waals surface area contributed by atoms with E-state index in [-0.39, 0.29) is 23.8 Å². The first-order chi connectivity index (χ1) is 12.3. The van der Waals surface area contributed by atoms with Crippen LogP contribution >= 0.6 is 0 Å². The van der Waals surface area contributed by atoms with Gasteiger partial charge in [0.15, 0.2) is 0 Å². The lowest BCUT2D eigenvalue weighted by atomic mass is 10.1. The summed E-state index contributed by atoms with van der Waals surface area (Å²) in [5.41, 5.74) is 0.954. The molecule has 2 rings (SSSR count). The van der Waals surface area contributed by atoms with E-state index in [0.29, 0.717) is 11.3 Å². The van der Waals surface area contributed by atoms with Gasteiger partial charge in [-0.15, -0.1) is 0 Å². The van der Waals surface area contributed by atoms with Crippen molar-refractivity contribution < 1.29 is 23.9 Å². The smallest absolute Gasteiger partial charge is 0.335 e. The summed E-state index contributed by atoms with van der Waals surface area (Å²) in [6.07, 6.45) is 1.54. The number of aryl methyl sites for hydroxylation is 1. The Hall–Kier alpha value is -3.13. The number of hydrogen-bond donors (Lipinski definition) is 3. The zero-order valence-electron chi connectivity index (χ0n) is 14.8. The molecule has 0 fully saturated rings. The Balaban J connectivity index is 2.00. The Labute approximate surface area is 150 Å². The van der Waals surface area contributed by atoms with Crippen LogP contribution in [0, 0.1) is 6.92 Å². The van der Waals surface area contributed by atoms with Crippen LogP contribution in [-0.2, 0) is 9.59 Å². The Morgan fingerprint density at radius 3 is 2.50 bits per heavy atom. The molecule has 0 bridgehead atoms. The molecule has 8 heteroatoms. The lowest BCUT2D eigenvalue weighted by Gasteiger charge is -2.22. The summed E-state index contributed by atoms with van der Waals surface area (Å²) >= 11 is 0. The second-order valence-corrected chi connectivity index (χ2v) is 5.99. The van der Waals surface area contributed by atoms with E-state index in [9.17, 15) is 14.4 Å². The topological polar surface area (TPSA) is 112 Å². The number of furan rings is 1. The van der Waals surface area contributed by atoms with E-state index in [0.717, 1.165) is 0 Å². The first-order valence-electron chi connectivity index (χ1n) is 7.92. The zero-order valence-corrected chi connectivity index (χ0v) is 14.8. The molecule has 1 aromatic carbocycles. The number of aromatic carboxylic acids is 1. The third kappa shape index (κ3) is 4.70. The van der Waals surface area contributed by atoms with Crippen molar-refractivity contribution in [1.29, 1.82) is 0 Å². The van der Waals surface area contributed by atoms with Gasteiger partial charge in [-0.1, -0.05) is 6.07 Å². The minimum atomic E-state index is -1.11. The van der Waals surface area contributed by atoms with Gasteiger partial charge in [-0.25, -0.2) is 4.79 Å². The molecule has 0 spiro atoms. The summed E-state index contributed by atoms with van der Waals surface area (Å²) in [6, 6.07) is 7.62. The molecule has 26 heavy (non-hydrogen) atoms. The molecule has 0 saturated carbocycles. The van der Waals surface area contributed by atoms with Crippen LogP contribution in [0.5, 0.6) is 0 Å². The normalized spacial score (nSPS) is 11.8.